The molecule has 0 fully saturated rings. The van der Waals surface area contributed by atoms with Gasteiger partial charge in [-0.25, -0.2) is 0 Å². The highest BCUT2D eigenvalue weighted by Gasteiger charge is 2.26. The van der Waals surface area contributed by atoms with Crippen LogP contribution in [0.3, 0.4) is 0 Å². The molecule has 0 aromatic heterocycles. The molecular formula is C16H19O3P. The van der Waals surface area contributed by atoms with Crippen LogP contribution in [0.4, 0.5) is 0 Å². The van der Waals surface area contributed by atoms with Crippen molar-refractivity contribution in [2.24, 2.45) is 0 Å². The average molecular weight is 290 g/mol. The number of rotatable bonds is 4. The van der Waals surface area contributed by atoms with Crippen molar-refractivity contribution in [1.29, 1.82) is 0 Å². The van der Waals surface area contributed by atoms with Crippen LogP contribution in [0.2, 0.25) is 0 Å². The Bertz CT molecular complexity index is 600. The summed E-state index contributed by atoms with van der Waals surface area (Å²) in [6.07, 6.45) is -0.164. The summed E-state index contributed by atoms with van der Waals surface area (Å²) < 4.78 is 11.5. The molecular weight excluding hydrogens is 271 g/mol. The van der Waals surface area contributed by atoms with Gasteiger partial charge in [0.15, 0.2) is 0 Å². The molecule has 2 N–H and O–H groups in total. The Morgan fingerprint density at radius 2 is 1.30 bits per heavy atom. The second kappa shape index (κ2) is 5.92. The van der Waals surface area contributed by atoms with Gasteiger partial charge in [-0.15, -0.1) is 0 Å². The summed E-state index contributed by atoms with van der Waals surface area (Å²) in [5.41, 5.74) is 4.05. The summed E-state index contributed by atoms with van der Waals surface area (Å²) in [6, 6.07) is 15.5. The van der Waals surface area contributed by atoms with E-state index in [2.05, 4.69) is 0 Å². The van der Waals surface area contributed by atoms with Gasteiger partial charge in [0, 0.05) is 5.92 Å². The number of hydrogen-bond donors (Lipinski definition) is 2. The molecule has 0 heterocycles. The molecule has 0 saturated heterocycles. The normalized spacial score (nSPS) is 11.8. The molecule has 0 aliphatic carbocycles. The molecule has 2 aromatic carbocycles. The van der Waals surface area contributed by atoms with E-state index >= 15 is 0 Å². The first-order chi connectivity index (χ1) is 9.38. The minimum atomic E-state index is -4.09. The zero-order valence-electron chi connectivity index (χ0n) is 11.7. The number of benzene rings is 2. The fourth-order valence-corrected chi connectivity index (χ4v) is 3.43. The predicted octanol–water partition coefficient (Wildman–Crippen LogP) is 3.61. The van der Waals surface area contributed by atoms with E-state index in [-0.39, 0.29) is 12.1 Å². The summed E-state index contributed by atoms with van der Waals surface area (Å²) in [6.45, 7) is 3.95. The van der Waals surface area contributed by atoms with Crippen LogP contribution in [-0.4, -0.2) is 15.9 Å². The van der Waals surface area contributed by atoms with Gasteiger partial charge in [0.2, 0.25) is 0 Å². The van der Waals surface area contributed by atoms with Gasteiger partial charge >= 0.3 is 7.60 Å². The molecule has 0 radical (unpaired) electrons. The topological polar surface area (TPSA) is 57.5 Å². The third kappa shape index (κ3) is 3.57. The lowest BCUT2D eigenvalue weighted by molar-refractivity contribution is 0.370. The smallest absolute Gasteiger partial charge is 0.324 e. The van der Waals surface area contributed by atoms with E-state index in [1.54, 1.807) is 0 Å². The number of hydrogen-bond acceptors (Lipinski definition) is 1. The first kappa shape index (κ1) is 15.0. The van der Waals surface area contributed by atoms with Crippen molar-refractivity contribution in [3.63, 3.8) is 0 Å². The van der Waals surface area contributed by atoms with Gasteiger partial charge in [-0.2, -0.15) is 0 Å². The maximum absolute atomic E-state index is 11.5. The van der Waals surface area contributed by atoms with E-state index in [0.29, 0.717) is 0 Å². The average Bonchev–Trinajstić information content (AvgIpc) is 2.37. The molecule has 3 nitrogen and oxygen atoms in total. The highest BCUT2D eigenvalue weighted by molar-refractivity contribution is 7.51. The van der Waals surface area contributed by atoms with Gasteiger partial charge in [-0.1, -0.05) is 48.5 Å². The molecule has 20 heavy (non-hydrogen) atoms. The lowest BCUT2D eigenvalue weighted by atomic mass is 9.87. The Morgan fingerprint density at radius 3 is 1.65 bits per heavy atom. The molecule has 2 rings (SSSR count). The zero-order chi connectivity index (χ0) is 14.8. The van der Waals surface area contributed by atoms with Crippen LogP contribution in [-0.2, 0) is 4.57 Å². The maximum Gasteiger partial charge on any atom is 0.326 e. The molecule has 0 amide bonds. The molecule has 4 heteroatoms. The molecule has 0 spiro atoms. The Kier molecular flexibility index (Phi) is 4.44. The Hall–Kier alpha value is -1.41. The van der Waals surface area contributed by atoms with E-state index < -0.39 is 7.60 Å². The van der Waals surface area contributed by atoms with E-state index in [1.807, 2.05) is 62.4 Å². The van der Waals surface area contributed by atoms with Gasteiger partial charge in [0.05, 0.1) is 6.16 Å². The van der Waals surface area contributed by atoms with Crippen LogP contribution in [0.5, 0.6) is 0 Å². The molecule has 0 unspecified atom stereocenters. The molecule has 0 bridgehead atoms. The second-order valence-corrected chi connectivity index (χ2v) is 6.81. The third-order valence-electron chi connectivity index (χ3n) is 3.55. The zero-order valence-corrected chi connectivity index (χ0v) is 12.5. The van der Waals surface area contributed by atoms with Crippen molar-refractivity contribution in [2.75, 3.05) is 6.16 Å². The van der Waals surface area contributed by atoms with Crippen molar-refractivity contribution >= 4 is 7.60 Å². The van der Waals surface area contributed by atoms with Crippen molar-refractivity contribution < 1.29 is 14.4 Å². The fourth-order valence-electron chi connectivity index (χ4n) is 2.56. The lowest BCUT2D eigenvalue weighted by Crippen LogP contribution is -2.10. The van der Waals surface area contributed by atoms with Crippen molar-refractivity contribution in [2.45, 2.75) is 19.8 Å². The maximum atomic E-state index is 11.5. The molecule has 0 aliphatic heterocycles. The van der Waals surface area contributed by atoms with Gasteiger partial charge in [0.1, 0.15) is 0 Å². The Labute approximate surface area is 119 Å². The Balaban J connectivity index is 2.54. The molecule has 0 saturated carbocycles. The summed E-state index contributed by atoms with van der Waals surface area (Å²) in [7, 11) is -4.09. The standard InChI is InChI=1S/C16H19O3P/c1-12-7-3-5-9-14(12)16(11-20(17,18)19)15-10-6-4-8-13(15)2/h3-10,16H,11H2,1-2H3,(H2,17,18,19). The summed E-state index contributed by atoms with van der Waals surface area (Å²) in [4.78, 5) is 18.8. The summed E-state index contributed by atoms with van der Waals surface area (Å²) >= 11 is 0. The number of aryl methyl sites for hydroxylation is 2. The van der Waals surface area contributed by atoms with Gasteiger partial charge in [0.25, 0.3) is 0 Å². The molecule has 0 aliphatic rings. The fraction of sp³-hybridized carbons (Fsp3) is 0.250. The first-order valence-electron chi connectivity index (χ1n) is 6.54. The molecule has 0 atom stereocenters. The van der Waals surface area contributed by atoms with Crippen LogP contribution in [0.15, 0.2) is 48.5 Å². The van der Waals surface area contributed by atoms with Crippen LogP contribution in [0.25, 0.3) is 0 Å². The van der Waals surface area contributed by atoms with Crippen LogP contribution < -0.4 is 0 Å². The first-order valence-corrected chi connectivity index (χ1v) is 8.34. The van der Waals surface area contributed by atoms with E-state index in [9.17, 15) is 14.4 Å². The highest BCUT2D eigenvalue weighted by atomic mass is 31.2. The highest BCUT2D eigenvalue weighted by Crippen LogP contribution is 2.44. The van der Waals surface area contributed by atoms with E-state index in [1.165, 1.54) is 0 Å². The van der Waals surface area contributed by atoms with Crippen LogP contribution >= 0.6 is 7.60 Å². The van der Waals surface area contributed by atoms with E-state index in [0.717, 1.165) is 22.3 Å². The predicted molar refractivity (Wildman–Crippen MR) is 81.1 cm³/mol. The summed E-state index contributed by atoms with van der Waals surface area (Å²) in [5, 5.41) is 0. The Morgan fingerprint density at radius 1 is 0.900 bits per heavy atom. The minimum absolute atomic E-state index is 0.164. The van der Waals surface area contributed by atoms with Gasteiger partial charge in [-0.3, -0.25) is 4.57 Å². The third-order valence-corrected chi connectivity index (χ3v) is 4.39. The second-order valence-electron chi connectivity index (χ2n) is 5.11. The largest absolute Gasteiger partial charge is 0.326 e. The van der Waals surface area contributed by atoms with Crippen LogP contribution in [0.1, 0.15) is 28.2 Å². The molecule has 2 aromatic rings. The monoisotopic (exact) mass is 290 g/mol. The SMILES string of the molecule is Cc1ccccc1C(CP(=O)(O)O)c1ccccc1C. The lowest BCUT2D eigenvalue weighted by Gasteiger charge is -2.22. The van der Waals surface area contributed by atoms with Crippen molar-refractivity contribution in [1.82, 2.24) is 0 Å². The van der Waals surface area contributed by atoms with E-state index in [4.69, 9.17) is 0 Å². The van der Waals surface area contributed by atoms with Gasteiger partial charge < -0.3 is 9.79 Å². The van der Waals surface area contributed by atoms with Crippen molar-refractivity contribution in [3.8, 4) is 0 Å². The quantitative estimate of drug-likeness (QED) is 0.846. The summed E-state index contributed by atoms with van der Waals surface area (Å²) in [5.74, 6) is -0.279. The minimum Gasteiger partial charge on any atom is -0.324 e. The van der Waals surface area contributed by atoms with Crippen LogP contribution in [0, 0.1) is 13.8 Å². The van der Waals surface area contributed by atoms with Crippen molar-refractivity contribution in [3.05, 3.63) is 70.8 Å². The molecule has 106 valence electrons. The van der Waals surface area contributed by atoms with Gasteiger partial charge in [-0.05, 0) is 36.1 Å².